The first-order valence-electron chi connectivity index (χ1n) is 7.23. The van der Waals surface area contributed by atoms with Crippen LogP contribution >= 0.6 is 0 Å². The number of esters is 1. The molecule has 2 fully saturated rings. The van der Waals surface area contributed by atoms with Crippen molar-refractivity contribution in [3.63, 3.8) is 0 Å². The summed E-state index contributed by atoms with van der Waals surface area (Å²) in [6, 6.07) is 6.86. The van der Waals surface area contributed by atoms with Crippen LogP contribution in [0.25, 0.3) is 11.0 Å². The average Bonchev–Trinajstić information content (AvgIpc) is 3.35. The van der Waals surface area contributed by atoms with E-state index in [1.807, 2.05) is 0 Å². The van der Waals surface area contributed by atoms with Crippen LogP contribution in [0.3, 0.4) is 0 Å². The molecule has 104 valence electrons. The molecule has 1 heterocycles. The highest BCUT2D eigenvalue weighted by Gasteiger charge is 2.57. The molecule has 0 unspecified atom stereocenters. The highest BCUT2D eigenvalue weighted by Crippen LogP contribution is 2.52. The molecule has 2 aliphatic carbocycles. The number of hydrogen-bond acceptors (Lipinski definition) is 3. The van der Waals surface area contributed by atoms with E-state index in [1.54, 1.807) is 0 Å². The number of nitrogens with zero attached hydrogens (tertiary/aromatic N) is 2. The third kappa shape index (κ3) is 1.54. The molecule has 2 aliphatic rings. The molecule has 0 atom stereocenters. The van der Waals surface area contributed by atoms with E-state index in [1.165, 1.54) is 25.5 Å². The summed E-state index contributed by atoms with van der Waals surface area (Å²) in [4.78, 5) is 17.0. The van der Waals surface area contributed by atoms with Crippen molar-refractivity contribution in [2.45, 2.75) is 44.1 Å². The Balaban J connectivity index is 1.95. The van der Waals surface area contributed by atoms with Gasteiger partial charge in [-0.3, -0.25) is 4.79 Å². The Kier molecular flexibility index (Phi) is 2.29. The molecule has 0 bridgehead atoms. The van der Waals surface area contributed by atoms with E-state index in [0.717, 1.165) is 29.7 Å². The van der Waals surface area contributed by atoms with Crippen LogP contribution in [0.1, 0.15) is 43.1 Å². The van der Waals surface area contributed by atoms with Gasteiger partial charge in [-0.25, -0.2) is 4.98 Å². The van der Waals surface area contributed by atoms with Gasteiger partial charge in [-0.2, -0.15) is 0 Å². The predicted octanol–water partition coefficient (Wildman–Crippen LogP) is 2.88. The minimum Gasteiger partial charge on any atom is -0.468 e. The lowest BCUT2D eigenvalue weighted by Gasteiger charge is -2.15. The van der Waals surface area contributed by atoms with Gasteiger partial charge in [-0.15, -0.1) is 0 Å². The molecule has 4 heteroatoms. The summed E-state index contributed by atoms with van der Waals surface area (Å²) in [5.74, 6) is 0.791. The fourth-order valence-corrected chi connectivity index (χ4v) is 3.09. The first kappa shape index (κ1) is 11.9. The van der Waals surface area contributed by atoms with Gasteiger partial charge in [0.15, 0.2) is 0 Å². The van der Waals surface area contributed by atoms with Crippen molar-refractivity contribution in [1.29, 1.82) is 0 Å². The summed E-state index contributed by atoms with van der Waals surface area (Å²) < 4.78 is 7.30. The van der Waals surface area contributed by atoms with Gasteiger partial charge in [0.25, 0.3) is 0 Å². The monoisotopic (exact) mass is 270 g/mol. The van der Waals surface area contributed by atoms with Crippen molar-refractivity contribution in [2.75, 3.05) is 7.11 Å². The number of benzene rings is 1. The van der Waals surface area contributed by atoms with Gasteiger partial charge in [-0.1, -0.05) is 6.07 Å². The second kappa shape index (κ2) is 3.84. The fourth-order valence-electron chi connectivity index (χ4n) is 3.09. The molecule has 2 aromatic rings. The maximum absolute atomic E-state index is 12.2. The number of imidazole rings is 1. The third-order valence-electron chi connectivity index (χ3n) is 4.51. The number of aromatic nitrogens is 2. The van der Waals surface area contributed by atoms with E-state index in [2.05, 4.69) is 29.7 Å². The van der Waals surface area contributed by atoms with Crippen LogP contribution in [0, 0.1) is 6.92 Å². The van der Waals surface area contributed by atoms with Crippen molar-refractivity contribution < 1.29 is 9.53 Å². The van der Waals surface area contributed by atoms with Gasteiger partial charge in [0.05, 0.1) is 18.1 Å². The standard InChI is InChI=1S/C16H18N2O2/c1-10-3-6-13-12(9-10)17-14(18(13)11-4-5-11)16(7-8-16)15(19)20-2/h3,6,9,11H,4-5,7-8H2,1-2H3. The summed E-state index contributed by atoms with van der Waals surface area (Å²) in [7, 11) is 1.47. The minimum atomic E-state index is -0.482. The van der Waals surface area contributed by atoms with Crippen LogP contribution < -0.4 is 0 Å². The molecule has 4 rings (SSSR count). The molecule has 0 amide bonds. The first-order chi connectivity index (χ1) is 9.65. The third-order valence-corrected chi connectivity index (χ3v) is 4.51. The highest BCUT2D eigenvalue weighted by molar-refractivity contribution is 5.88. The fraction of sp³-hybridized carbons (Fsp3) is 0.500. The Bertz CT molecular complexity index is 709. The maximum atomic E-state index is 12.2. The number of methoxy groups -OCH3 is 1. The van der Waals surface area contributed by atoms with Crippen LogP contribution in [0.2, 0.25) is 0 Å². The topological polar surface area (TPSA) is 44.1 Å². The average molecular weight is 270 g/mol. The minimum absolute atomic E-state index is 0.133. The van der Waals surface area contributed by atoms with E-state index in [4.69, 9.17) is 9.72 Å². The molecule has 20 heavy (non-hydrogen) atoms. The zero-order chi connectivity index (χ0) is 13.9. The van der Waals surface area contributed by atoms with E-state index >= 15 is 0 Å². The molecule has 1 aromatic heterocycles. The van der Waals surface area contributed by atoms with Crippen LogP contribution in [0.15, 0.2) is 18.2 Å². The Morgan fingerprint density at radius 1 is 1.40 bits per heavy atom. The predicted molar refractivity (Wildman–Crippen MR) is 75.7 cm³/mol. The molecule has 4 nitrogen and oxygen atoms in total. The summed E-state index contributed by atoms with van der Waals surface area (Å²) in [5.41, 5.74) is 2.88. The van der Waals surface area contributed by atoms with Gasteiger partial charge in [0.1, 0.15) is 11.2 Å². The summed E-state index contributed by atoms with van der Waals surface area (Å²) >= 11 is 0. The summed E-state index contributed by atoms with van der Waals surface area (Å²) in [6.07, 6.45) is 4.08. The van der Waals surface area contributed by atoms with Crippen molar-refractivity contribution in [3.05, 3.63) is 29.6 Å². The second-order valence-electron chi connectivity index (χ2n) is 6.10. The molecule has 0 saturated heterocycles. The lowest BCUT2D eigenvalue weighted by Crippen LogP contribution is -2.26. The van der Waals surface area contributed by atoms with E-state index in [9.17, 15) is 4.79 Å². The Morgan fingerprint density at radius 3 is 2.75 bits per heavy atom. The van der Waals surface area contributed by atoms with Gasteiger partial charge < -0.3 is 9.30 Å². The number of ether oxygens (including phenoxy) is 1. The zero-order valence-electron chi connectivity index (χ0n) is 11.8. The van der Waals surface area contributed by atoms with Crippen molar-refractivity contribution in [1.82, 2.24) is 9.55 Å². The molecule has 0 N–H and O–H groups in total. The molecule has 0 spiro atoms. The molecular formula is C16H18N2O2. The van der Waals surface area contributed by atoms with Crippen molar-refractivity contribution >= 4 is 17.0 Å². The van der Waals surface area contributed by atoms with Crippen LogP contribution in [-0.2, 0) is 14.9 Å². The number of aryl methyl sites for hydroxylation is 1. The smallest absolute Gasteiger partial charge is 0.319 e. The van der Waals surface area contributed by atoms with E-state index in [0.29, 0.717) is 6.04 Å². The molecule has 2 saturated carbocycles. The van der Waals surface area contributed by atoms with Gasteiger partial charge >= 0.3 is 5.97 Å². The lowest BCUT2D eigenvalue weighted by atomic mass is 10.1. The Labute approximate surface area is 117 Å². The van der Waals surface area contributed by atoms with Gasteiger partial charge in [0.2, 0.25) is 0 Å². The van der Waals surface area contributed by atoms with E-state index in [-0.39, 0.29) is 5.97 Å². The molecule has 0 radical (unpaired) electrons. The molecule has 0 aliphatic heterocycles. The lowest BCUT2D eigenvalue weighted by molar-refractivity contribution is -0.144. The largest absolute Gasteiger partial charge is 0.468 e. The molecule has 1 aromatic carbocycles. The number of carbonyl (C=O) groups is 1. The van der Waals surface area contributed by atoms with Gasteiger partial charge in [0, 0.05) is 6.04 Å². The number of hydrogen-bond donors (Lipinski definition) is 0. The van der Waals surface area contributed by atoms with Crippen molar-refractivity contribution in [2.24, 2.45) is 0 Å². The Hall–Kier alpha value is -1.84. The molecular weight excluding hydrogens is 252 g/mol. The van der Waals surface area contributed by atoms with Gasteiger partial charge in [-0.05, 0) is 50.3 Å². The number of rotatable bonds is 3. The van der Waals surface area contributed by atoms with Crippen LogP contribution in [-0.4, -0.2) is 22.6 Å². The summed E-state index contributed by atoms with van der Waals surface area (Å²) in [5, 5.41) is 0. The first-order valence-corrected chi connectivity index (χ1v) is 7.23. The highest BCUT2D eigenvalue weighted by atomic mass is 16.5. The SMILES string of the molecule is COC(=O)C1(c2nc3cc(C)ccc3n2C2CC2)CC1. The zero-order valence-corrected chi connectivity index (χ0v) is 11.8. The quantitative estimate of drug-likeness (QED) is 0.805. The normalized spacial score (nSPS) is 20.1. The van der Waals surface area contributed by atoms with Crippen molar-refractivity contribution in [3.8, 4) is 0 Å². The van der Waals surface area contributed by atoms with Crippen LogP contribution in [0.5, 0.6) is 0 Å². The number of carbonyl (C=O) groups excluding carboxylic acids is 1. The number of fused-ring (bicyclic) bond motifs is 1. The van der Waals surface area contributed by atoms with E-state index < -0.39 is 5.41 Å². The Morgan fingerprint density at radius 2 is 2.15 bits per heavy atom. The second-order valence-corrected chi connectivity index (χ2v) is 6.10. The van der Waals surface area contributed by atoms with Crippen LogP contribution in [0.4, 0.5) is 0 Å². The summed E-state index contributed by atoms with van der Waals surface area (Å²) in [6.45, 7) is 2.07. The maximum Gasteiger partial charge on any atom is 0.319 e.